The second-order valence-electron chi connectivity index (χ2n) is 4.87. The summed E-state index contributed by atoms with van der Waals surface area (Å²) in [6.07, 6.45) is -0.102. The summed E-state index contributed by atoms with van der Waals surface area (Å²) < 4.78 is 10.5. The average molecular weight is 310 g/mol. The minimum Gasteiger partial charge on any atom is -0.493 e. The molecule has 0 aliphatic rings. The number of carboxylic acids is 1. The largest absolute Gasteiger partial charge is 0.493 e. The molecule has 0 aliphatic heterocycles. The number of amides is 2. The highest BCUT2D eigenvalue weighted by Gasteiger charge is 2.13. The van der Waals surface area contributed by atoms with Gasteiger partial charge >= 0.3 is 12.0 Å². The highest BCUT2D eigenvalue weighted by Crippen LogP contribution is 2.30. The number of hydrogen-bond acceptors (Lipinski definition) is 4. The van der Waals surface area contributed by atoms with Crippen LogP contribution in [0, 0.1) is 6.92 Å². The molecule has 0 fully saturated rings. The summed E-state index contributed by atoms with van der Waals surface area (Å²) in [5, 5.41) is 11.1. The number of carboxylic acid groups (broad SMARTS) is 1. The molecule has 7 heteroatoms. The maximum Gasteiger partial charge on any atom is 0.317 e. The van der Waals surface area contributed by atoms with Crippen LogP contribution in [-0.2, 0) is 11.3 Å². The first-order valence-electron chi connectivity index (χ1n) is 6.81. The smallest absolute Gasteiger partial charge is 0.317 e. The zero-order valence-corrected chi connectivity index (χ0v) is 13.3. The standard InChI is InChI=1S/C15H22N2O5/c1-10-7-12(21-3)13(22-4)8-11(10)9-17(2)15(20)16-6-5-14(18)19/h7-8H,5-6,9H2,1-4H3,(H,16,20)(H,18,19). The zero-order valence-electron chi connectivity index (χ0n) is 13.3. The molecule has 0 heterocycles. The number of carbonyl (C=O) groups is 2. The van der Waals surface area contributed by atoms with Gasteiger partial charge in [0.05, 0.1) is 20.6 Å². The Kier molecular flexibility index (Phi) is 6.49. The van der Waals surface area contributed by atoms with Gasteiger partial charge in [0.15, 0.2) is 11.5 Å². The number of methoxy groups -OCH3 is 2. The molecular formula is C15H22N2O5. The fourth-order valence-electron chi connectivity index (χ4n) is 1.93. The van der Waals surface area contributed by atoms with Crippen LogP contribution in [0.5, 0.6) is 11.5 Å². The first kappa shape index (κ1) is 17.6. The van der Waals surface area contributed by atoms with Crippen molar-refractivity contribution in [3.63, 3.8) is 0 Å². The Morgan fingerprint density at radius 1 is 1.23 bits per heavy atom. The lowest BCUT2D eigenvalue weighted by molar-refractivity contribution is -0.136. The normalized spacial score (nSPS) is 10.0. The highest BCUT2D eigenvalue weighted by molar-refractivity contribution is 5.75. The molecule has 7 nitrogen and oxygen atoms in total. The number of nitrogens with one attached hydrogen (secondary N) is 1. The van der Waals surface area contributed by atoms with Crippen molar-refractivity contribution in [3.8, 4) is 11.5 Å². The van der Waals surface area contributed by atoms with Gasteiger partial charge in [0, 0.05) is 20.1 Å². The summed E-state index contributed by atoms with van der Waals surface area (Å²) in [5.41, 5.74) is 1.90. The van der Waals surface area contributed by atoms with Crippen LogP contribution in [0.3, 0.4) is 0 Å². The molecule has 0 bridgehead atoms. The maximum absolute atomic E-state index is 11.9. The molecule has 0 saturated heterocycles. The van der Waals surface area contributed by atoms with E-state index in [2.05, 4.69) is 5.32 Å². The molecule has 22 heavy (non-hydrogen) atoms. The van der Waals surface area contributed by atoms with Crippen LogP contribution in [-0.4, -0.2) is 49.8 Å². The Balaban J connectivity index is 2.73. The minimum atomic E-state index is -0.946. The fourth-order valence-corrected chi connectivity index (χ4v) is 1.93. The Bertz CT molecular complexity index is 545. The quantitative estimate of drug-likeness (QED) is 0.799. The van der Waals surface area contributed by atoms with Crippen molar-refractivity contribution in [2.75, 3.05) is 27.8 Å². The number of carbonyl (C=O) groups excluding carboxylic acids is 1. The lowest BCUT2D eigenvalue weighted by Gasteiger charge is -2.20. The van der Waals surface area contributed by atoms with Crippen LogP contribution in [0.1, 0.15) is 17.5 Å². The zero-order chi connectivity index (χ0) is 16.7. The number of aliphatic carboxylic acids is 1. The molecule has 0 aromatic heterocycles. The second kappa shape index (κ2) is 8.11. The van der Waals surface area contributed by atoms with Crippen molar-refractivity contribution in [3.05, 3.63) is 23.3 Å². The number of hydrogen-bond donors (Lipinski definition) is 2. The molecule has 0 unspecified atom stereocenters. The number of ether oxygens (including phenoxy) is 2. The summed E-state index contributed by atoms with van der Waals surface area (Å²) in [4.78, 5) is 23.8. The fraction of sp³-hybridized carbons (Fsp3) is 0.467. The van der Waals surface area contributed by atoms with Crippen molar-refractivity contribution in [2.45, 2.75) is 19.9 Å². The second-order valence-corrected chi connectivity index (χ2v) is 4.87. The van der Waals surface area contributed by atoms with Gasteiger partial charge in [0.25, 0.3) is 0 Å². The van der Waals surface area contributed by atoms with E-state index in [1.54, 1.807) is 21.3 Å². The minimum absolute atomic E-state index is 0.101. The van der Waals surface area contributed by atoms with Gasteiger partial charge in [-0.2, -0.15) is 0 Å². The lowest BCUT2D eigenvalue weighted by Crippen LogP contribution is -2.37. The predicted octanol–water partition coefficient (Wildman–Crippen LogP) is 1.63. The topological polar surface area (TPSA) is 88.1 Å². The van der Waals surface area contributed by atoms with Gasteiger partial charge < -0.3 is 24.8 Å². The molecule has 0 saturated carbocycles. The summed E-state index contributed by atoms with van der Waals surface area (Å²) in [7, 11) is 4.77. The van der Waals surface area contributed by atoms with Gasteiger partial charge in [-0.05, 0) is 30.2 Å². The summed E-state index contributed by atoms with van der Waals surface area (Å²) in [6.45, 7) is 2.40. The van der Waals surface area contributed by atoms with E-state index in [1.165, 1.54) is 4.90 Å². The molecule has 1 aromatic rings. The number of benzene rings is 1. The molecule has 1 rings (SSSR count). The molecular weight excluding hydrogens is 288 g/mol. The van der Waals surface area contributed by atoms with E-state index in [0.29, 0.717) is 18.0 Å². The highest BCUT2D eigenvalue weighted by atomic mass is 16.5. The summed E-state index contributed by atoms with van der Waals surface area (Å²) in [6, 6.07) is 3.36. The molecule has 0 spiro atoms. The number of aryl methyl sites for hydroxylation is 1. The van der Waals surface area contributed by atoms with Gasteiger partial charge in [-0.1, -0.05) is 0 Å². The molecule has 0 atom stereocenters. The third-order valence-electron chi connectivity index (χ3n) is 3.21. The third-order valence-corrected chi connectivity index (χ3v) is 3.21. The van der Waals surface area contributed by atoms with Crippen molar-refractivity contribution < 1.29 is 24.2 Å². The van der Waals surface area contributed by atoms with Crippen molar-refractivity contribution in [2.24, 2.45) is 0 Å². The van der Waals surface area contributed by atoms with E-state index in [0.717, 1.165) is 11.1 Å². The van der Waals surface area contributed by atoms with Gasteiger partial charge in [0.1, 0.15) is 0 Å². The Labute approximate surface area is 129 Å². The Hall–Kier alpha value is -2.44. The van der Waals surface area contributed by atoms with Crippen LogP contribution in [0.2, 0.25) is 0 Å². The Morgan fingerprint density at radius 3 is 2.36 bits per heavy atom. The van der Waals surface area contributed by atoms with Gasteiger partial charge in [-0.15, -0.1) is 0 Å². The van der Waals surface area contributed by atoms with Crippen molar-refractivity contribution in [1.29, 1.82) is 0 Å². The van der Waals surface area contributed by atoms with E-state index in [9.17, 15) is 9.59 Å². The third kappa shape index (κ3) is 4.83. The summed E-state index contributed by atoms with van der Waals surface area (Å²) >= 11 is 0. The molecule has 1 aromatic carbocycles. The Morgan fingerprint density at radius 2 is 1.82 bits per heavy atom. The van der Waals surface area contributed by atoms with Crippen LogP contribution >= 0.6 is 0 Å². The van der Waals surface area contributed by atoms with Crippen LogP contribution in [0.25, 0.3) is 0 Å². The van der Waals surface area contributed by atoms with E-state index < -0.39 is 5.97 Å². The van der Waals surface area contributed by atoms with Gasteiger partial charge in [-0.3, -0.25) is 4.79 Å². The van der Waals surface area contributed by atoms with Crippen LogP contribution in [0.4, 0.5) is 4.79 Å². The summed E-state index contributed by atoms with van der Waals surface area (Å²) in [5.74, 6) is 0.291. The van der Waals surface area contributed by atoms with E-state index >= 15 is 0 Å². The molecule has 2 N–H and O–H groups in total. The first-order valence-corrected chi connectivity index (χ1v) is 6.81. The number of rotatable bonds is 7. The van der Waals surface area contributed by atoms with Gasteiger partial charge in [0.2, 0.25) is 0 Å². The lowest BCUT2D eigenvalue weighted by atomic mass is 10.1. The molecule has 122 valence electrons. The van der Waals surface area contributed by atoms with Crippen molar-refractivity contribution >= 4 is 12.0 Å². The average Bonchev–Trinajstić information content (AvgIpc) is 2.48. The molecule has 2 amide bonds. The maximum atomic E-state index is 11.9. The SMILES string of the molecule is COc1cc(C)c(CN(C)C(=O)NCCC(=O)O)cc1OC. The molecule has 0 radical (unpaired) electrons. The first-order chi connectivity index (χ1) is 10.4. The number of urea groups is 1. The van der Waals surface area contributed by atoms with Crippen molar-refractivity contribution in [1.82, 2.24) is 10.2 Å². The van der Waals surface area contributed by atoms with Crippen LogP contribution < -0.4 is 14.8 Å². The predicted molar refractivity (Wildman–Crippen MR) is 81.4 cm³/mol. The van der Waals surface area contributed by atoms with E-state index in [4.69, 9.17) is 14.6 Å². The number of nitrogens with zero attached hydrogens (tertiary/aromatic N) is 1. The van der Waals surface area contributed by atoms with E-state index in [-0.39, 0.29) is 19.0 Å². The van der Waals surface area contributed by atoms with E-state index in [1.807, 2.05) is 19.1 Å². The monoisotopic (exact) mass is 310 g/mol. The van der Waals surface area contributed by atoms with Gasteiger partial charge in [-0.25, -0.2) is 4.79 Å². The molecule has 0 aliphatic carbocycles. The van der Waals surface area contributed by atoms with Crippen LogP contribution in [0.15, 0.2) is 12.1 Å².